The lowest BCUT2D eigenvalue weighted by Gasteiger charge is -2.33. The van der Waals surface area contributed by atoms with Crippen LogP contribution in [0.1, 0.15) is 24.0 Å². The molecule has 1 aliphatic rings. The van der Waals surface area contributed by atoms with Crippen molar-refractivity contribution in [2.45, 2.75) is 45.1 Å². The number of anilines is 2. The van der Waals surface area contributed by atoms with Crippen LogP contribution in [0.15, 0.2) is 65.7 Å². The van der Waals surface area contributed by atoms with Gasteiger partial charge in [-0.2, -0.15) is 18.2 Å². The standard InChI is InChI=1S/C27H32N6O5.C2HF3O2/c1-19-16-33(17-22(25(34)35)30-27(37)38-18-21-7-3-2-4-8-21)26(36)31-24(19)32-13-10-20(11-14-32)15-29-23-9-5-6-12-28-23;3-2(4,5)1(6)7/h2-9,12,16,20,22H,10-11,13-15,17-18H2,1H3,(H,28,29)(H,30,37)(H,34,35);(H,6,7)/t22-;/m0./s1. The average molecular weight is 635 g/mol. The molecule has 45 heavy (non-hydrogen) atoms. The molecule has 242 valence electrons. The van der Waals surface area contributed by atoms with Crippen molar-refractivity contribution in [1.29, 1.82) is 0 Å². The molecule has 3 heterocycles. The van der Waals surface area contributed by atoms with Crippen LogP contribution < -0.4 is 21.2 Å². The number of carboxylic acids is 2. The van der Waals surface area contributed by atoms with E-state index in [9.17, 15) is 32.7 Å². The highest BCUT2D eigenvalue weighted by molar-refractivity contribution is 5.79. The van der Waals surface area contributed by atoms with Gasteiger partial charge in [0, 0.05) is 37.6 Å². The largest absolute Gasteiger partial charge is 0.490 e. The number of carboxylic acid groups (broad SMARTS) is 2. The lowest BCUT2D eigenvalue weighted by Crippen LogP contribution is -2.46. The number of rotatable bonds is 10. The monoisotopic (exact) mass is 634 g/mol. The fraction of sp³-hybridized carbons (Fsp3) is 0.379. The third kappa shape index (κ3) is 11.1. The van der Waals surface area contributed by atoms with E-state index >= 15 is 0 Å². The second-order valence-electron chi connectivity index (χ2n) is 10.1. The van der Waals surface area contributed by atoms with Gasteiger partial charge in [0.25, 0.3) is 0 Å². The van der Waals surface area contributed by atoms with Crippen molar-refractivity contribution in [2.24, 2.45) is 5.92 Å². The number of nitrogens with zero attached hydrogens (tertiary/aromatic N) is 4. The summed E-state index contributed by atoms with van der Waals surface area (Å²) in [6, 6.07) is 13.5. The van der Waals surface area contributed by atoms with Crippen molar-refractivity contribution in [3.8, 4) is 0 Å². The summed E-state index contributed by atoms with van der Waals surface area (Å²) < 4.78 is 38.1. The van der Waals surface area contributed by atoms with Crippen molar-refractivity contribution in [2.75, 3.05) is 29.9 Å². The average Bonchev–Trinajstić information content (AvgIpc) is 3.01. The molecule has 0 spiro atoms. The molecule has 0 unspecified atom stereocenters. The van der Waals surface area contributed by atoms with Crippen molar-refractivity contribution >= 4 is 29.7 Å². The van der Waals surface area contributed by atoms with Gasteiger partial charge >= 0.3 is 29.9 Å². The zero-order valence-electron chi connectivity index (χ0n) is 24.2. The van der Waals surface area contributed by atoms with Crippen LogP contribution in [0.2, 0.25) is 0 Å². The van der Waals surface area contributed by atoms with E-state index in [1.165, 1.54) is 4.57 Å². The van der Waals surface area contributed by atoms with Gasteiger partial charge in [-0.1, -0.05) is 36.4 Å². The molecule has 0 bridgehead atoms. The van der Waals surface area contributed by atoms with Crippen LogP contribution in [0.4, 0.5) is 29.6 Å². The molecule has 1 aliphatic heterocycles. The summed E-state index contributed by atoms with van der Waals surface area (Å²) >= 11 is 0. The molecule has 4 rings (SSSR count). The maximum Gasteiger partial charge on any atom is 0.490 e. The number of amides is 1. The van der Waals surface area contributed by atoms with E-state index in [4.69, 9.17) is 14.6 Å². The summed E-state index contributed by atoms with van der Waals surface area (Å²) in [6.45, 7) is 3.92. The first kappa shape index (κ1) is 34.3. The van der Waals surface area contributed by atoms with Crippen LogP contribution in [-0.2, 0) is 27.5 Å². The summed E-state index contributed by atoms with van der Waals surface area (Å²) in [5, 5.41) is 22.4. The first-order chi connectivity index (χ1) is 21.3. The Balaban J connectivity index is 0.000000707. The van der Waals surface area contributed by atoms with E-state index in [0.717, 1.165) is 49.4 Å². The molecule has 2 aromatic heterocycles. The number of benzene rings is 1. The number of carbonyl (C=O) groups excluding carboxylic acids is 1. The lowest BCUT2D eigenvalue weighted by atomic mass is 9.96. The van der Waals surface area contributed by atoms with Crippen LogP contribution in [0.5, 0.6) is 0 Å². The molecule has 0 saturated carbocycles. The van der Waals surface area contributed by atoms with E-state index in [0.29, 0.717) is 11.7 Å². The Bertz CT molecular complexity index is 1480. The van der Waals surface area contributed by atoms with Gasteiger partial charge in [0.1, 0.15) is 24.3 Å². The molecule has 1 amide bonds. The van der Waals surface area contributed by atoms with Gasteiger partial charge in [-0.15, -0.1) is 0 Å². The second kappa shape index (κ2) is 16.1. The Morgan fingerprint density at radius 1 is 1.07 bits per heavy atom. The quantitative estimate of drug-likeness (QED) is 0.258. The number of halogens is 3. The van der Waals surface area contributed by atoms with Crippen molar-refractivity contribution < 1.29 is 42.5 Å². The fourth-order valence-electron chi connectivity index (χ4n) is 4.39. The van der Waals surface area contributed by atoms with Crippen molar-refractivity contribution in [3.63, 3.8) is 0 Å². The van der Waals surface area contributed by atoms with Gasteiger partial charge in [-0.3, -0.25) is 4.57 Å². The smallest absolute Gasteiger partial charge is 0.480 e. The summed E-state index contributed by atoms with van der Waals surface area (Å²) in [4.78, 5) is 56.3. The van der Waals surface area contributed by atoms with Crippen molar-refractivity contribution in [1.82, 2.24) is 19.9 Å². The second-order valence-corrected chi connectivity index (χ2v) is 10.1. The molecule has 3 aromatic rings. The number of aryl methyl sites for hydroxylation is 1. The Labute approximate surface area is 255 Å². The van der Waals surface area contributed by atoms with E-state index in [-0.39, 0.29) is 13.2 Å². The fourth-order valence-corrected chi connectivity index (χ4v) is 4.39. The molecule has 13 nitrogen and oxygen atoms in total. The predicted molar refractivity (Wildman–Crippen MR) is 156 cm³/mol. The summed E-state index contributed by atoms with van der Waals surface area (Å²) in [7, 11) is 0. The Kier molecular flexibility index (Phi) is 12.3. The number of hydrogen-bond acceptors (Lipinski definition) is 9. The van der Waals surface area contributed by atoms with Crippen LogP contribution in [-0.4, -0.2) is 74.6 Å². The van der Waals surface area contributed by atoms with Gasteiger partial charge in [0.2, 0.25) is 0 Å². The summed E-state index contributed by atoms with van der Waals surface area (Å²) in [6.07, 6.45) is -0.725. The van der Waals surface area contributed by atoms with Gasteiger partial charge in [0.05, 0.1) is 6.54 Å². The van der Waals surface area contributed by atoms with E-state index in [2.05, 4.69) is 25.5 Å². The molecule has 4 N–H and O–H groups in total. The maximum atomic E-state index is 12.8. The molecule has 0 radical (unpaired) electrons. The minimum absolute atomic E-state index is 0.00419. The van der Waals surface area contributed by atoms with Crippen LogP contribution in [0.3, 0.4) is 0 Å². The third-order valence-electron chi connectivity index (χ3n) is 6.72. The predicted octanol–water partition coefficient (Wildman–Crippen LogP) is 3.29. The van der Waals surface area contributed by atoms with E-state index in [1.54, 1.807) is 24.5 Å². The highest BCUT2D eigenvalue weighted by Crippen LogP contribution is 2.24. The Morgan fingerprint density at radius 2 is 1.71 bits per heavy atom. The third-order valence-corrected chi connectivity index (χ3v) is 6.72. The molecule has 16 heteroatoms. The van der Waals surface area contributed by atoms with Gasteiger partial charge in [-0.05, 0) is 43.4 Å². The highest BCUT2D eigenvalue weighted by Gasteiger charge is 2.38. The zero-order valence-corrected chi connectivity index (χ0v) is 24.2. The molecular formula is C29H33F3N6O7. The summed E-state index contributed by atoms with van der Waals surface area (Å²) in [5.74, 6) is -2.10. The number of hydrogen-bond donors (Lipinski definition) is 4. The molecule has 0 aliphatic carbocycles. The molecule has 1 atom stereocenters. The van der Waals surface area contributed by atoms with Crippen LogP contribution in [0.25, 0.3) is 0 Å². The van der Waals surface area contributed by atoms with Gasteiger partial charge < -0.3 is 30.5 Å². The number of aliphatic carboxylic acids is 2. The SMILES string of the molecule is Cc1cn(C[C@H](NC(=O)OCc2ccccc2)C(=O)O)c(=O)nc1N1CCC(CNc2ccccn2)CC1.O=C(O)C(F)(F)F. The number of ether oxygens (including phenoxy) is 1. The molecule has 1 fully saturated rings. The highest BCUT2D eigenvalue weighted by atomic mass is 19.4. The summed E-state index contributed by atoms with van der Waals surface area (Å²) in [5.41, 5.74) is 0.954. The van der Waals surface area contributed by atoms with Gasteiger partial charge in [0.15, 0.2) is 0 Å². The number of aromatic nitrogens is 3. The number of nitrogens with one attached hydrogen (secondary N) is 2. The minimum atomic E-state index is -5.08. The number of pyridine rings is 1. The van der Waals surface area contributed by atoms with E-state index in [1.807, 2.05) is 43.3 Å². The maximum absolute atomic E-state index is 12.8. The Hall–Kier alpha value is -5.15. The van der Waals surface area contributed by atoms with Crippen molar-refractivity contribution in [3.05, 3.63) is 82.5 Å². The molecular weight excluding hydrogens is 601 g/mol. The van der Waals surface area contributed by atoms with Crippen LogP contribution >= 0.6 is 0 Å². The van der Waals surface area contributed by atoms with E-state index < -0.39 is 35.9 Å². The minimum Gasteiger partial charge on any atom is -0.480 e. The molecule has 1 saturated heterocycles. The zero-order chi connectivity index (χ0) is 33.0. The Morgan fingerprint density at radius 3 is 2.29 bits per heavy atom. The normalized spacial score (nSPS) is 14.0. The van der Waals surface area contributed by atoms with Crippen LogP contribution in [0, 0.1) is 12.8 Å². The lowest BCUT2D eigenvalue weighted by molar-refractivity contribution is -0.192. The number of alkyl carbamates (subject to hydrolysis) is 1. The number of alkyl halides is 3. The topological polar surface area (TPSA) is 176 Å². The first-order valence-electron chi connectivity index (χ1n) is 13.8. The number of piperidine rings is 1. The van der Waals surface area contributed by atoms with Gasteiger partial charge in [-0.25, -0.2) is 24.2 Å². The molecule has 1 aromatic carbocycles. The first-order valence-corrected chi connectivity index (χ1v) is 13.8. The number of carbonyl (C=O) groups is 3.